The van der Waals surface area contributed by atoms with E-state index in [1.54, 1.807) is 0 Å². The molecule has 1 fully saturated rings. The molecule has 3 heteroatoms. The summed E-state index contributed by atoms with van der Waals surface area (Å²) in [5, 5.41) is 4.16. The van der Waals surface area contributed by atoms with Crippen LogP contribution >= 0.6 is 12.2 Å². The smallest absolute Gasteiger partial charge is 0.168 e. The van der Waals surface area contributed by atoms with Gasteiger partial charge in [0.2, 0.25) is 0 Å². The van der Waals surface area contributed by atoms with Gasteiger partial charge < -0.3 is 10.2 Å². The van der Waals surface area contributed by atoms with Crippen molar-refractivity contribution in [3.8, 4) is 0 Å². The quantitative estimate of drug-likeness (QED) is 0.683. The van der Waals surface area contributed by atoms with Crippen LogP contribution in [0.2, 0.25) is 0 Å². The zero-order valence-corrected chi connectivity index (χ0v) is 9.49. The van der Waals surface area contributed by atoms with Crippen LogP contribution in [0.15, 0.2) is 0 Å². The SMILES string of the molecule is CCCN(CC1CC1)C(=S)NCC. The van der Waals surface area contributed by atoms with Crippen LogP contribution in [0, 0.1) is 5.92 Å². The lowest BCUT2D eigenvalue weighted by atomic mass is 10.3. The van der Waals surface area contributed by atoms with Gasteiger partial charge in [-0.3, -0.25) is 0 Å². The van der Waals surface area contributed by atoms with E-state index in [-0.39, 0.29) is 0 Å². The molecule has 1 aliphatic carbocycles. The van der Waals surface area contributed by atoms with Crippen molar-refractivity contribution in [1.29, 1.82) is 0 Å². The minimum Gasteiger partial charge on any atom is -0.363 e. The van der Waals surface area contributed by atoms with E-state index >= 15 is 0 Å². The van der Waals surface area contributed by atoms with Gasteiger partial charge in [0.25, 0.3) is 0 Å². The van der Waals surface area contributed by atoms with E-state index in [9.17, 15) is 0 Å². The van der Waals surface area contributed by atoms with Crippen LogP contribution in [-0.4, -0.2) is 29.6 Å². The Hall–Kier alpha value is -0.310. The normalized spacial score (nSPS) is 15.5. The van der Waals surface area contributed by atoms with E-state index in [0.29, 0.717) is 0 Å². The summed E-state index contributed by atoms with van der Waals surface area (Å²) in [6.45, 7) is 7.49. The maximum Gasteiger partial charge on any atom is 0.168 e. The molecule has 2 nitrogen and oxygen atoms in total. The maximum atomic E-state index is 5.30. The third-order valence-corrected chi connectivity index (χ3v) is 2.69. The molecule has 0 aromatic rings. The lowest BCUT2D eigenvalue weighted by molar-refractivity contribution is 0.393. The molecule has 0 amide bonds. The summed E-state index contributed by atoms with van der Waals surface area (Å²) in [6.07, 6.45) is 3.97. The van der Waals surface area contributed by atoms with Gasteiger partial charge in [0.05, 0.1) is 0 Å². The second-order valence-electron chi connectivity index (χ2n) is 3.72. The van der Waals surface area contributed by atoms with E-state index in [1.807, 2.05) is 0 Å². The van der Waals surface area contributed by atoms with Crippen LogP contribution in [0.1, 0.15) is 33.1 Å². The predicted molar refractivity (Wildman–Crippen MR) is 60.9 cm³/mol. The second kappa shape index (κ2) is 5.43. The van der Waals surface area contributed by atoms with Gasteiger partial charge in [0.1, 0.15) is 0 Å². The number of hydrogen-bond acceptors (Lipinski definition) is 1. The van der Waals surface area contributed by atoms with Crippen molar-refractivity contribution in [1.82, 2.24) is 10.2 Å². The van der Waals surface area contributed by atoms with Crippen LogP contribution < -0.4 is 5.32 Å². The van der Waals surface area contributed by atoms with Crippen molar-refractivity contribution in [3.63, 3.8) is 0 Å². The Balaban J connectivity index is 2.29. The van der Waals surface area contributed by atoms with Gasteiger partial charge in [0.15, 0.2) is 5.11 Å². The van der Waals surface area contributed by atoms with Crippen molar-refractivity contribution in [2.75, 3.05) is 19.6 Å². The average Bonchev–Trinajstić information content (AvgIpc) is 2.88. The Morgan fingerprint density at radius 3 is 2.62 bits per heavy atom. The van der Waals surface area contributed by atoms with Crippen molar-refractivity contribution in [3.05, 3.63) is 0 Å². The molecule has 1 aliphatic rings. The Morgan fingerprint density at radius 1 is 1.46 bits per heavy atom. The molecule has 1 rings (SSSR count). The Kier molecular flexibility index (Phi) is 4.50. The van der Waals surface area contributed by atoms with Gasteiger partial charge in [0, 0.05) is 19.6 Å². The lowest BCUT2D eigenvalue weighted by Gasteiger charge is -2.24. The molecular formula is C10H20N2S. The highest BCUT2D eigenvalue weighted by Gasteiger charge is 2.24. The summed E-state index contributed by atoms with van der Waals surface area (Å²) in [4.78, 5) is 2.32. The minimum atomic E-state index is 0.920. The highest BCUT2D eigenvalue weighted by Crippen LogP contribution is 2.29. The molecule has 0 bridgehead atoms. The third kappa shape index (κ3) is 3.94. The largest absolute Gasteiger partial charge is 0.363 e. The second-order valence-corrected chi connectivity index (χ2v) is 4.11. The molecule has 0 aliphatic heterocycles. The van der Waals surface area contributed by atoms with Crippen molar-refractivity contribution in [2.45, 2.75) is 33.1 Å². The molecule has 0 radical (unpaired) electrons. The fourth-order valence-corrected chi connectivity index (χ4v) is 1.73. The van der Waals surface area contributed by atoms with Gasteiger partial charge in [-0.15, -0.1) is 0 Å². The predicted octanol–water partition coefficient (Wildman–Crippen LogP) is 2.00. The van der Waals surface area contributed by atoms with E-state index < -0.39 is 0 Å². The Bertz CT molecular complexity index is 166. The van der Waals surface area contributed by atoms with E-state index in [2.05, 4.69) is 24.1 Å². The summed E-state index contributed by atoms with van der Waals surface area (Å²) in [6, 6.07) is 0. The number of hydrogen-bond donors (Lipinski definition) is 1. The molecule has 0 aromatic carbocycles. The molecule has 1 N–H and O–H groups in total. The third-order valence-electron chi connectivity index (χ3n) is 2.28. The van der Waals surface area contributed by atoms with Crippen LogP contribution in [0.5, 0.6) is 0 Å². The van der Waals surface area contributed by atoms with Crippen molar-refractivity contribution >= 4 is 17.3 Å². The lowest BCUT2D eigenvalue weighted by Crippen LogP contribution is -2.41. The van der Waals surface area contributed by atoms with Gasteiger partial charge in [-0.25, -0.2) is 0 Å². The fraction of sp³-hybridized carbons (Fsp3) is 0.900. The first-order valence-electron chi connectivity index (χ1n) is 5.30. The topological polar surface area (TPSA) is 15.3 Å². The molecule has 0 heterocycles. The van der Waals surface area contributed by atoms with E-state index in [4.69, 9.17) is 12.2 Å². The molecule has 0 aromatic heterocycles. The highest BCUT2D eigenvalue weighted by atomic mass is 32.1. The average molecular weight is 200 g/mol. The maximum absolute atomic E-state index is 5.30. The molecule has 13 heavy (non-hydrogen) atoms. The first-order valence-corrected chi connectivity index (χ1v) is 5.71. The minimum absolute atomic E-state index is 0.920. The molecule has 0 saturated heterocycles. The monoisotopic (exact) mass is 200 g/mol. The molecular weight excluding hydrogens is 180 g/mol. The van der Waals surface area contributed by atoms with Crippen LogP contribution in [0.25, 0.3) is 0 Å². The van der Waals surface area contributed by atoms with Gasteiger partial charge in [-0.05, 0) is 44.3 Å². The van der Waals surface area contributed by atoms with Gasteiger partial charge in [-0.2, -0.15) is 0 Å². The van der Waals surface area contributed by atoms with Crippen LogP contribution in [-0.2, 0) is 0 Å². The zero-order chi connectivity index (χ0) is 9.68. The highest BCUT2D eigenvalue weighted by molar-refractivity contribution is 7.80. The van der Waals surface area contributed by atoms with E-state index in [0.717, 1.165) is 24.1 Å². The van der Waals surface area contributed by atoms with Crippen molar-refractivity contribution < 1.29 is 0 Å². The van der Waals surface area contributed by atoms with E-state index in [1.165, 1.54) is 25.8 Å². The summed E-state index contributed by atoms with van der Waals surface area (Å²) in [7, 11) is 0. The molecule has 1 saturated carbocycles. The Morgan fingerprint density at radius 2 is 2.15 bits per heavy atom. The Labute approximate surface area is 86.7 Å². The zero-order valence-electron chi connectivity index (χ0n) is 8.68. The summed E-state index contributed by atoms with van der Waals surface area (Å²) in [5.41, 5.74) is 0. The van der Waals surface area contributed by atoms with Crippen LogP contribution in [0.4, 0.5) is 0 Å². The molecule has 76 valence electrons. The standard InChI is InChI=1S/C10H20N2S/c1-3-7-12(8-9-5-6-9)10(13)11-4-2/h9H,3-8H2,1-2H3,(H,11,13). The number of nitrogens with zero attached hydrogens (tertiary/aromatic N) is 1. The van der Waals surface area contributed by atoms with Gasteiger partial charge in [-0.1, -0.05) is 6.92 Å². The summed E-state index contributed by atoms with van der Waals surface area (Å²) in [5.74, 6) is 0.920. The first-order chi connectivity index (χ1) is 6.27. The number of thiocarbonyl (C=S) groups is 1. The van der Waals surface area contributed by atoms with Crippen molar-refractivity contribution in [2.24, 2.45) is 5.92 Å². The summed E-state index contributed by atoms with van der Waals surface area (Å²) < 4.78 is 0. The molecule has 0 spiro atoms. The molecule has 0 unspecified atom stereocenters. The molecule has 0 atom stereocenters. The number of nitrogens with one attached hydrogen (secondary N) is 1. The fourth-order valence-electron chi connectivity index (χ4n) is 1.42. The van der Waals surface area contributed by atoms with Gasteiger partial charge >= 0.3 is 0 Å². The number of rotatable bonds is 5. The van der Waals surface area contributed by atoms with Crippen LogP contribution in [0.3, 0.4) is 0 Å². The summed E-state index contributed by atoms with van der Waals surface area (Å²) >= 11 is 5.30. The first kappa shape index (κ1) is 10.8.